The van der Waals surface area contributed by atoms with Crippen LogP contribution in [0.4, 0.5) is 18.9 Å². The zero-order chi connectivity index (χ0) is 28.0. The van der Waals surface area contributed by atoms with E-state index in [4.69, 9.17) is 21.4 Å². The molecule has 1 amide bonds. The Labute approximate surface area is 219 Å². The Balaban J connectivity index is 0.000000505. The Morgan fingerprint density at radius 2 is 1.68 bits per heavy atom. The van der Waals surface area contributed by atoms with Crippen molar-refractivity contribution >= 4 is 44.9 Å². The lowest BCUT2D eigenvalue weighted by atomic mass is 10.00. The number of aliphatic carboxylic acids is 1. The topological polar surface area (TPSA) is 148 Å². The first-order valence-corrected chi connectivity index (χ1v) is 11.9. The van der Waals surface area contributed by atoms with E-state index in [1.54, 1.807) is 18.2 Å². The van der Waals surface area contributed by atoms with E-state index >= 15 is 0 Å². The molecule has 0 spiro atoms. The van der Waals surface area contributed by atoms with Crippen LogP contribution >= 0.6 is 11.3 Å². The lowest BCUT2D eigenvalue weighted by Crippen LogP contribution is -2.34. The van der Waals surface area contributed by atoms with Crippen LogP contribution in [0, 0.1) is 6.92 Å². The highest BCUT2D eigenvalue weighted by Crippen LogP contribution is 2.27. The van der Waals surface area contributed by atoms with Gasteiger partial charge in [0.2, 0.25) is 5.78 Å². The van der Waals surface area contributed by atoms with E-state index in [1.165, 1.54) is 11.3 Å². The number of aromatic nitrogens is 1. The summed E-state index contributed by atoms with van der Waals surface area (Å²) in [6.07, 6.45) is -5.08. The van der Waals surface area contributed by atoms with Crippen molar-refractivity contribution in [1.82, 2.24) is 10.3 Å². The van der Waals surface area contributed by atoms with E-state index in [2.05, 4.69) is 10.3 Å². The predicted octanol–water partition coefficient (Wildman–Crippen LogP) is 4.63. The molecule has 1 aromatic heterocycles. The van der Waals surface area contributed by atoms with Crippen molar-refractivity contribution in [2.75, 3.05) is 5.73 Å². The molecular formula is C26H23F3N4O4S. The molecule has 0 aliphatic carbocycles. The first-order valence-electron chi connectivity index (χ1n) is 11.1. The highest BCUT2D eigenvalue weighted by Gasteiger charge is 2.38. The maximum Gasteiger partial charge on any atom is 0.490 e. The number of fused-ring (bicyclic) bond motifs is 1. The number of amides is 1. The molecule has 4 rings (SSSR count). The van der Waals surface area contributed by atoms with Crippen molar-refractivity contribution in [3.63, 3.8) is 0 Å². The van der Waals surface area contributed by atoms with Crippen LogP contribution in [-0.2, 0) is 11.3 Å². The zero-order valence-corrected chi connectivity index (χ0v) is 20.8. The average molecular weight is 545 g/mol. The lowest BCUT2D eigenvalue weighted by Gasteiger charge is -2.18. The monoisotopic (exact) mass is 544 g/mol. The summed E-state index contributed by atoms with van der Waals surface area (Å²) in [5, 5.41) is 10.4. The van der Waals surface area contributed by atoms with Crippen LogP contribution < -0.4 is 16.8 Å². The van der Waals surface area contributed by atoms with Crippen LogP contribution in [0.2, 0.25) is 0 Å². The number of halogens is 3. The van der Waals surface area contributed by atoms with Gasteiger partial charge < -0.3 is 21.9 Å². The first-order chi connectivity index (χ1) is 17.9. The second kappa shape index (κ2) is 11.8. The third-order valence-corrected chi connectivity index (χ3v) is 6.42. The van der Waals surface area contributed by atoms with Crippen molar-refractivity contribution in [3.8, 4) is 0 Å². The van der Waals surface area contributed by atoms with Gasteiger partial charge in [0.1, 0.15) is 6.04 Å². The number of nitrogens with two attached hydrogens (primary N) is 2. The van der Waals surface area contributed by atoms with Gasteiger partial charge >= 0.3 is 12.1 Å². The summed E-state index contributed by atoms with van der Waals surface area (Å²) in [6.45, 7) is 2.23. The highest BCUT2D eigenvalue weighted by atomic mass is 32.1. The van der Waals surface area contributed by atoms with Gasteiger partial charge in [0.25, 0.3) is 5.91 Å². The number of para-hydroxylation sites is 1. The molecule has 12 heteroatoms. The van der Waals surface area contributed by atoms with E-state index in [0.29, 0.717) is 28.4 Å². The Kier molecular flexibility index (Phi) is 8.81. The molecular weight excluding hydrogens is 521 g/mol. The largest absolute Gasteiger partial charge is 0.490 e. The maximum atomic E-state index is 13.4. The molecule has 0 fully saturated rings. The fourth-order valence-electron chi connectivity index (χ4n) is 3.28. The Morgan fingerprint density at radius 3 is 2.24 bits per heavy atom. The Hall–Kier alpha value is -4.29. The molecule has 0 aliphatic heterocycles. The molecule has 0 radical (unpaired) electrons. The van der Waals surface area contributed by atoms with E-state index in [-0.39, 0.29) is 11.7 Å². The number of hydrogen-bond donors (Lipinski definition) is 4. The zero-order valence-electron chi connectivity index (χ0n) is 20.0. The van der Waals surface area contributed by atoms with E-state index in [0.717, 1.165) is 21.3 Å². The number of nitrogen functional groups attached to an aromatic ring is 1. The van der Waals surface area contributed by atoms with Crippen LogP contribution in [0.25, 0.3) is 10.2 Å². The average Bonchev–Trinajstić information content (AvgIpc) is 3.33. The third-order valence-electron chi connectivity index (χ3n) is 5.37. The van der Waals surface area contributed by atoms with Gasteiger partial charge in [-0.05, 0) is 53.9 Å². The number of carbonyl (C=O) groups excluding carboxylic acids is 2. The van der Waals surface area contributed by atoms with Crippen molar-refractivity contribution in [2.24, 2.45) is 5.73 Å². The number of nitrogens with one attached hydrogen (secondary N) is 1. The molecule has 1 heterocycles. The minimum Gasteiger partial charge on any atom is -0.475 e. The smallest absolute Gasteiger partial charge is 0.475 e. The molecule has 1 unspecified atom stereocenters. The quantitative estimate of drug-likeness (QED) is 0.204. The maximum absolute atomic E-state index is 13.4. The Bertz CT molecular complexity index is 1440. The number of nitrogens with zero attached hydrogens (tertiary/aromatic N) is 1. The molecule has 3 aromatic carbocycles. The second-order valence-electron chi connectivity index (χ2n) is 8.08. The van der Waals surface area contributed by atoms with Gasteiger partial charge in [-0.3, -0.25) is 9.59 Å². The number of rotatable bonds is 6. The first kappa shape index (κ1) is 28.3. The van der Waals surface area contributed by atoms with Crippen LogP contribution in [0.15, 0.2) is 66.7 Å². The number of aryl methyl sites for hydroxylation is 1. The van der Waals surface area contributed by atoms with Crippen LogP contribution in [-0.4, -0.2) is 33.9 Å². The second-order valence-corrected chi connectivity index (χ2v) is 9.11. The molecule has 0 saturated heterocycles. The predicted molar refractivity (Wildman–Crippen MR) is 138 cm³/mol. The van der Waals surface area contributed by atoms with Gasteiger partial charge in [0, 0.05) is 17.8 Å². The van der Waals surface area contributed by atoms with Gasteiger partial charge in [0.15, 0.2) is 5.01 Å². The number of thiazole rings is 1. The number of Topliss-reactive ketones (excluding diaryl/α,β-unsaturated/α-hetero) is 1. The minimum atomic E-state index is -5.08. The van der Waals surface area contributed by atoms with Crippen LogP contribution in [0.1, 0.15) is 42.9 Å². The number of alkyl halides is 3. The summed E-state index contributed by atoms with van der Waals surface area (Å²) >= 11 is 1.31. The standard InChI is InChI=1S/C24H22N4O2S.C2HF3O2/c1-14-12-17(10-11-18(14)26)23(30)28-21(16-8-6-15(13-25)7-9-16)22(29)24-27-19-4-2-3-5-20(19)31-24;3-2(4,5)1(6)7/h2-12,21H,13,25-26H2,1H3,(H,28,30);(H,6,7). The van der Waals surface area contributed by atoms with Crippen molar-refractivity contribution in [3.05, 3.63) is 94.0 Å². The summed E-state index contributed by atoms with van der Waals surface area (Å²) in [6, 6.07) is 19.1. The van der Waals surface area contributed by atoms with E-state index in [9.17, 15) is 22.8 Å². The number of ketones is 1. The van der Waals surface area contributed by atoms with Crippen molar-refractivity contribution in [1.29, 1.82) is 0 Å². The van der Waals surface area contributed by atoms with Gasteiger partial charge in [-0.1, -0.05) is 36.4 Å². The highest BCUT2D eigenvalue weighted by molar-refractivity contribution is 7.20. The number of hydrogen-bond acceptors (Lipinski definition) is 7. The van der Waals surface area contributed by atoms with Crippen LogP contribution in [0.3, 0.4) is 0 Å². The SMILES string of the molecule is Cc1cc(C(=O)NC(C(=O)c2nc3ccccc3s2)c2ccc(CN)cc2)ccc1N.O=C(O)C(F)(F)F. The number of benzene rings is 3. The normalized spacial score (nSPS) is 11.8. The number of carboxylic acids is 1. The molecule has 38 heavy (non-hydrogen) atoms. The third kappa shape index (κ3) is 6.93. The summed E-state index contributed by atoms with van der Waals surface area (Å²) in [5.74, 6) is -3.37. The van der Waals surface area contributed by atoms with Gasteiger partial charge in [0.05, 0.1) is 10.2 Å². The fourth-order valence-corrected chi connectivity index (χ4v) is 4.21. The lowest BCUT2D eigenvalue weighted by molar-refractivity contribution is -0.192. The Morgan fingerprint density at radius 1 is 1.05 bits per heavy atom. The molecule has 8 nitrogen and oxygen atoms in total. The molecule has 1 atom stereocenters. The van der Waals surface area contributed by atoms with Gasteiger partial charge in [-0.15, -0.1) is 11.3 Å². The molecule has 0 aliphatic rings. The summed E-state index contributed by atoms with van der Waals surface area (Å²) in [7, 11) is 0. The number of carbonyl (C=O) groups is 3. The van der Waals surface area contributed by atoms with Crippen molar-refractivity contribution in [2.45, 2.75) is 25.7 Å². The molecule has 0 saturated carbocycles. The summed E-state index contributed by atoms with van der Waals surface area (Å²) in [4.78, 5) is 39.8. The molecule has 4 aromatic rings. The number of carboxylic acid groups (broad SMARTS) is 1. The van der Waals surface area contributed by atoms with Crippen molar-refractivity contribution < 1.29 is 32.7 Å². The molecule has 6 N–H and O–H groups in total. The van der Waals surface area contributed by atoms with Gasteiger partial charge in [-0.2, -0.15) is 13.2 Å². The molecule has 198 valence electrons. The number of anilines is 1. The van der Waals surface area contributed by atoms with E-state index in [1.807, 2.05) is 55.5 Å². The fraction of sp³-hybridized carbons (Fsp3) is 0.154. The van der Waals surface area contributed by atoms with Crippen LogP contribution in [0.5, 0.6) is 0 Å². The molecule has 0 bridgehead atoms. The van der Waals surface area contributed by atoms with E-state index < -0.39 is 18.2 Å². The van der Waals surface area contributed by atoms with Gasteiger partial charge in [-0.25, -0.2) is 9.78 Å². The minimum absolute atomic E-state index is 0.262. The summed E-state index contributed by atoms with van der Waals surface area (Å²) < 4.78 is 32.7. The summed E-state index contributed by atoms with van der Waals surface area (Å²) in [5.41, 5.74) is 15.8.